The summed E-state index contributed by atoms with van der Waals surface area (Å²) in [6, 6.07) is 20.1. The lowest BCUT2D eigenvalue weighted by molar-refractivity contribution is -0.274. The number of carbonyl (C=O) groups excluding carboxylic acids is 2. The van der Waals surface area contributed by atoms with E-state index in [2.05, 4.69) is 39.0 Å². The lowest BCUT2D eigenvalue weighted by Crippen LogP contribution is -2.33. The summed E-state index contributed by atoms with van der Waals surface area (Å²) in [5.41, 5.74) is 4.04. The number of amides is 3. The number of rotatable bonds is 9. The Bertz CT molecular complexity index is 1690. The van der Waals surface area contributed by atoms with Gasteiger partial charge in [0, 0.05) is 18.0 Å². The highest BCUT2D eigenvalue weighted by molar-refractivity contribution is 8.15. The molecule has 234 valence electrons. The van der Waals surface area contributed by atoms with Gasteiger partial charge in [0.05, 0.1) is 17.1 Å². The number of halogens is 3. The van der Waals surface area contributed by atoms with Crippen LogP contribution < -0.4 is 15.0 Å². The zero-order valence-corrected chi connectivity index (χ0v) is 25.6. The second-order valence-corrected chi connectivity index (χ2v) is 11.5. The van der Waals surface area contributed by atoms with Gasteiger partial charge in [-0.25, -0.2) is 14.5 Å². The Morgan fingerprint density at radius 1 is 1.07 bits per heavy atom. The Labute approximate surface area is 262 Å². The zero-order valence-electron chi connectivity index (χ0n) is 24.8. The summed E-state index contributed by atoms with van der Waals surface area (Å²) in [7, 11) is 0. The first-order valence-corrected chi connectivity index (χ1v) is 15.3. The molecule has 0 bridgehead atoms. The van der Waals surface area contributed by atoms with Crippen LogP contribution in [0.15, 0.2) is 84.1 Å². The van der Waals surface area contributed by atoms with E-state index in [9.17, 15) is 22.8 Å². The quantitative estimate of drug-likeness (QED) is 0.207. The Morgan fingerprint density at radius 3 is 2.44 bits per heavy atom. The number of ether oxygens (including phenoxy) is 1. The first kappa shape index (κ1) is 31.8. The molecule has 1 atom stereocenters. The number of amidine groups is 1. The van der Waals surface area contributed by atoms with Crippen LogP contribution in [0, 0.1) is 0 Å². The monoisotopic (exact) mass is 636 g/mol. The topological polar surface area (TPSA) is 102 Å². The maximum atomic E-state index is 12.9. The second kappa shape index (κ2) is 13.6. The van der Waals surface area contributed by atoms with E-state index in [0.29, 0.717) is 23.2 Å². The molecule has 1 aromatic heterocycles. The molecule has 9 nitrogen and oxygen atoms in total. The Balaban J connectivity index is 1.22. The van der Waals surface area contributed by atoms with Crippen LogP contribution in [-0.2, 0) is 4.79 Å². The SMILES string of the molecule is CCC(CNC(=O)/N=C1\SCC(=O)N1c1ccccc1C(C)C)c1ccc(-c2ncn(-c3ccc(OC(F)(F)F)cc3)n2)cc1. The number of anilines is 1. The average Bonchev–Trinajstić information content (AvgIpc) is 3.64. The van der Waals surface area contributed by atoms with Crippen LogP contribution >= 0.6 is 11.8 Å². The van der Waals surface area contributed by atoms with E-state index in [1.807, 2.05) is 55.5 Å². The normalized spacial score (nSPS) is 15.1. The van der Waals surface area contributed by atoms with Crippen molar-refractivity contribution in [3.8, 4) is 22.8 Å². The second-order valence-electron chi connectivity index (χ2n) is 10.6. The minimum absolute atomic E-state index is 0.0155. The van der Waals surface area contributed by atoms with Gasteiger partial charge in [-0.2, -0.15) is 4.99 Å². The predicted octanol–water partition coefficient (Wildman–Crippen LogP) is 7.30. The van der Waals surface area contributed by atoms with E-state index in [-0.39, 0.29) is 29.2 Å². The van der Waals surface area contributed by atoms with Crippen molar-refractivity contribution in [3.63, 3.8) is 0 Å². The standard InChI is InChI=1S/C32H31F3N6O3S/c1-4-21(17-36-30(43)38-31-41(28(42)18-45-31)27-8-6-5-7-26(27)20(2)3)22-9-11-23(12-10-22)29-37-19-40(39-29)24-13-15-25(16-14-24)44-32(33,34)35/h5-16,19-21H,4,17-18H2,1-3H3,(H,36,43)/b38-31-. The van der Waals surface area contributed by atoms with Gasteiger partial charge in [0.2, 0.25) is 5.91 Å². The fraction of sp³-hybridized carbons (Fsp3) is 0.281. The largest absolute Gasteiger partial charge is 0.573 e. The molecule has 1 aliphatic heterocycles. The Morgan fingerprint density at radius 2 is 1.78 bits per heavy atom. The number of urea groups is 1. The summed E-state index contributed by atoms with van der Waals surface area (Å²) < 4.78 is 42.7. The van der Waals surface area contributed by atoms with Gasteiger partial charge in [0.15, 0.2) is 11.0 Å². The molecule has 13 heteroatoms. The third-order valence-corrected chi connectivity index (χ3v) is 8.15. The number of nitrogens with one attached hydrogen (secondary N) is 1. The predicted molar refractivity (Wildman–Crippen MR) is 168 cm³/mol. The number of para-hydroxylation sites is 1. The molecule has 0 aliphatic carbocycles. The lowest BCUT2D eigenvalue weighted by atomic mass is 9.95. The van der Waals surface area contributed by atoms with Crippen LogP contribution in [0.5, 0.6) is 5.75 Å². The molecular weight excluding hydrogens is 605 g/mol. The highest BCUT2D eigenvalue weighted by Gasteiger charge is 2.32. The number of aliphatic imine (C=N–C) groups is 1. The van der Waals surface area contributed by atoms with E-state index in [1.54, 1.807) is 0 Å². The molecule has 1 fully saturated rings. The summed E-state index contributed by atoms with van der Waals surface area (Å²) in [4.78, 5) is 35.7. The van der Waals surface area contributed by atoms with Gasteiger partial charge in [0.25, 0.3) is 0 Å². The summed E-state index contributed by atoms with van der Waals surface area (Å²) >= 11 is 1.25. The maximum Gasteiger partial charge on any atom is 0.573 e. The maximum absolute atomic E-state index is 12.9. The van der Waals surface area contributed by atoms with Gasteiger partial charge in [-0.3, -0.25) is 9.69 Å². The van der Waals surface area contributed by atoms with Gasteiger partial charge >= 0.3 is 12.4 Å². The van der Waals surface area contributed by atoms with Crippen molar-refractivity contribution in [2.24, 2.45) is 4.99 Å². The molecular formula is C32H31F3N6O3S. The Kier molecular flexibility index (Phi) is 9.57. The number of nitrogens with zero attached hydrogens (tertiary/aromatic N) is 5. The van der Waals surface area contributed by atoms with Crippen molar-refractivity contribution in [1.29, 1.82) is 0 Å². The summed E-state index contributed by atoms with van der Waals surface area (Å²) in [6.45, 7) is 6.49. The number of carbonyl (C=O) groups is 2. The molecule has 1 N–H and O–H groups in total. The first-order chi connectivity index (χ1) is 21.5. The number of hydrogen-bond donors (Lipinski definition) is 1. The third kappa shape index (κ3) is 7.72. The number of benzene rings is 3. The lowest BCUT2D eigenvalue weighted by Gasteiger charge is -2.21. The van der Waals surface area contributed by atoms with E-state index in [0.717, 1.165) is 28.8 Å². The van der Waals surface area contributed by atoms with Crippen LogP contribution in [-0.4, -0.2) is 50.5 Å². The Hall–Kier alpha value is -4.65. The first-order valence-electron chi connectivity index (χ1n) is 14.3. The van der Waals surface area contributed by atoms with Crippen molar-refractivity contribution in [2.75, 3.05) is 17.2 Å². The third-order valence-electron chi connectivity index (χ3n) is 7.22. The zero-order chi connectivity index (χ0) is 32.1. The fourth-order valence-electron chi connectivity index (χ4n) is 4.92. The van der Waals surface area contributed by atoms with Gasteiger partial charge in [-0.05, 0) is 53.8 Å². The van der Waals surface area contributed by atoms with Crippen molar-refractivity contribution in [1.82, 2.24) is 20.1 Å². The molecule has 0 radical (unpaired) electrons. The minimum Gasteiger partial charge on any atom is -0.406 e. The summed E-state index contributed by atoms with van der Waals surface area (Å²) in [6.07, 6.45) is -2.52. The van der Waals surface area contributed by atoms with Crippen LogP contribution in [0.25, 0.3) is 17.1 Å². The summed E-state index contributed by atoms with van der Waals surface area (Å²) in [5, 5.41) is 7.70. The highest BCUT2D eigenvalue weighted by atomic mass is 32.2. The number of aromatic nitrogens is 3. The molecule has 1 saturated heterocycles. The van der Waals surface area contributed by atoms with Gasteiger partial charge in [-0.1, -0.05) is 75.0 Å². The van der Waals surface area contributed by atoms with E-state index >= 15 is 0 Å². The average molecular weight is 637 g/mol. The molecule has 1 unspecified atom stereocenters. The minimum atomic E-state index is -4.76. The molecule has 1 aliphatic rings. The van der Waals surface area contributed by atoms with Crippen molar-refractivity contribution >= 4 is 34.6 Å². The van der Waals surface area contributed by atoms with Crippen LogP contribution in [0.1, 0.15) is 50.2 Å². The molecule has 3 amide bonds. The molecule has 0 spiro atoms. The molecule has 5 rings (SSSR count). The van der Waals surface area contributed by atoms with Crippen LogP contribution in [0.4, 0.5) is 23.7 Å². The van der Waals surface area contributed by atoms with E-state index in [4.69, 9.17) is 0 Å². The fourth-order valence-corrected chi connectivity index (χ4v) is 5.78. The van der Waals surface area contributed by atoms with E-state index in [1.165, 1.54) is 51.9 Å². The van der Waals surface area contributed by atoms with Gasteiger partial charge < -0.3 is 10.1 Å². The van der Waals surface area contributed by atoms with Crippen LogP contribution in [0.3, 0.4) is 0 Å². The molecule has 2 heterocycles. The number of alkyl halides is 3. The van der Waals surface area contributed by atoms with E-state index < -0.39 is 12.4 Å². The van der Waals surface area contributed by atoms with Gasteiger partial charge in [0.1, 0.15) is 12.1 Å². The highest BCUT2D eigenvalue weighted by Crippen LogP contribution is 2.33. The smallest absolute Gasteiger partial charge is 0.406 e. The number of thioether (sulfide) groups is 1. The van der Waals surface area contributed by atoms with Gasteiger partial charge in [-0.15, -0.1) is 18.3 Å². The molecule has 4 aromatic rings. The summed E-state index contributed by atoms with van der Waals surface area (Å²) in [5.74, 6) is 0.444. The van der Waals surface area contributed by atoms with Crippen molar-refractivity contribution in [2.45, 2.75) is 45.4 Å². The number of hydrogen-bond acceptors (Lipinski definition) is 6. The van der Waals surface area contributed by atoms with Crippen LogP contribution in [0.2, 0.25) is 0 Å². The molecule has 45 heavy (non-hydrogen) atoms. The van der Waals surface area contributed by atoms with Crippen molar-refractivity contribution in [3.05, 3.63) is 90.3 Å². The van der Waals surface area contributed by atoms with Crippen molar-refractivity contribution < 1.29 is 27.5 Å². The molecule has 0 saturated carbocycles. The molecule has 3 aromatic carbocycles.